The van der Waals surface area contributed by atoms with Gasteiger partial charge < -0.3 is 5.73 Å². The molecule has 1 aromatic rings. The summed E-state index contributed by atoms with van der Waals surface area (Å²) >= 11 is 0. The van der Waals surface area contributed by atoms with E-state index in [1.54, 1.807) is 0 Å². The van der Waals surface area contributed by atoms with E-state index in [4.69, 9.17) is 5.73 Å². The zero-order chi connectivity index (χ0) is 11.5. The first-order valence-corrected chi connectivity index (χ1v) is 6.21. The highest BCUT2D eigenvalue weighted by atomic mass is 15.2. The molecule has 0 amide bonds. The van der Waals surface area contributed by atoms with Crippen LogP contribution in [0.2, 0.25) is 0 Å². The predicted octanol–water partition coefficient (Wildman–Crippen LogP) is 2.21. The minimum absolute atomic E-state index is 0.467. The van der Waals surface area contributed by atoms with Gasteiger partial charge in [-0.25, -0.2) is 0 Å². The van der Waals surface area contributed by atoms with Crippen LogP contribution in [-0.4, -0.2) is 30.6 Å². The van der Waals surface area contributed by atoms with E-state index >= 15 is 0 Å². The molecule has 0 radical (unpaired) electrons. The zero-order valence-electron chi connectivity index (χ0n) is 10.3. The van der Waals surface area contributed by atoms with Crippen LogP contribution in [0.25, 0.3) is 0 Å². The summed E-state index contributed by atoms with van der Waals surface area (Å²) in [7, 11) is 2.22. The first-order chi connectivity index (χ1) is 7.74. The maximum absolute atomic E-state index is 5.94. The van der Waals surface area contributed by atoms with E-state index in [2.05, 4.69) is 49.2 Å². The molecule has 0 bridgehead atoms. The van der Waals surface area contributed by atoms with Crippen LogP contribution in [-0.2, 0) is 0 Å². The predicted molar refractivity (Wildman–Crippen MR) is 68.5 cm³/mol. The van der Waals surface area contributed by atoms with Crippen molar-refractivity contribution >= 4 is 0 Å². The highest BCUT2D eigenvalue weighted by Gasteiger charge is 2.33. The molecule has 1 fully saturated rings. The van der Waals surface area contributed by atoms with Gasteiger partial charge in [0, 0.05) is 18.6 Å². The Morgan fingerprint density at radius 2 is 1.94 bits per heavy atom. The van der Waals surface area contributed by atoms with Crippen LogP contribution in [0.15, 0.2) is 30.3 Å². The standard InChI is InChI=1S/C14H22N2/c1-11(12-6-4-3-5-7-12)14(10-15)16(2)13-8-9-13/h3-7,11,13-14H,8-10,15H2,1-2H3. The van der Waals surface area contributed by atoms with Crippen molar-refractivity contribution in [3.8, 4) is 0 Å². The van der Waals surface area contributed by atoms with Gasteiger partial charge in [0.1, 0.15) is 0 Å². The Bertz CT molecular complexity index is 319. The summed E-state index contributed by atoms with van der Waals surface area (Å²) in [6.45, 7) is 3.02. The molecule has 0 aromatic heterocycles. The molecule has 2 heteroatoms. The van der Waals surface area contributed by atoms with Crippen molar-refractivity contribution in [3.05, 3.63) is 35.9 Å². The Morgan fingerprint density at radius 1 is 1.31 bits per heavy atom. The molecule has 1 aliphatic carbocycles. The number of hydrogen-bond donors (Lipinski definition) is 1. The molecule has 0 spiro atoms. The lowest BCUT2D eigenvalue weighted by Gasteiger charge is -2.32. The minimum atomic E-state index is 0.467. The van der Waals surface area contributed by atoms with Crippen LogP contribution in [0.4, 0.5) is 0 Å². The third kappa shape index (κ3) is 2.45. The third-order valence-corrected chi connectivity index (χ3v) is 3.79. The normalized spacial score (nSPS) is 19.8. The van der Waals surface area contributed by atoms with Gasteiger partial charge in [0.15, 0.2) is 0 Å². The fourth-order valence-electron chi connectivity index (χ4n) is 2.45. The van der Waals surface area contributed by atoms with Gasteiger partial charge in [0.25, 0.3) is 0 Å². The van der Waals surface area contributed by atoms with Crippen LogP contribution in [0.3, 0.4) is 0 Å². The minimum Gasteiger partial charge on any atom is -0.329 e. The monoisotopic (exact) mass is 218 g/mol. The lowest BCUT2D eigenvalue weighted by Crippen LogP contribution is -2.42. The molecule has 1 saturated carbocycles. The van der Waals surface area contributed by atoms with Gasteiger partial charge in [-0.15, -0.1) is 0 Å². The number of nitrogens with zero attached hydrogens (tertiary/aromatic N) is 1. The summed E-state index contributed by atoms with van der Waals surface area (Å²) in [5.74, 6) is 0.511. The molecule has 2 unspecified atom stereocenters. The smallest absolute Gasteiger partial charge is 0.0284 e. The van der Waals surface area contributed by atoms with E-state index in [-0.39, 0.29) is 0 Å². The summed E-state index contributed by atoms with van der Waals surface area (Å²) in [6, 6.07) is 11.9. The zero-order valence-corrected chi connectivity index (χ0v) is 10.3. The molecule has 16 heavy (non-hydrogen) atoms. The first-order valence-electron chi connectivity index (χ1n) is 6.21. The van der Waals surface area contributed by atoms with Gasteiger partial charge in [-0.05, 0) is 31.4 Å². The van der Waals surface area contributed by atoms with Crippen LogP contribution in [0, 0.1) is 0 Å². The molecule has 0 saturated heterocycles. The van der Waals surface area contributed by atoms with Gasteiger partial charge in [-0.1, -0.05) is 37.3 Å². The molecule has 2 N–H and O–H groups in total. The number of nitrogens with two attached hydrogens (primary N) is 1. The second-order valence-electron chi connectivity index (χ2n) is 4.90. The van der Waals surface area contributed by atoms with E-state index in [1.807, 2.05) is 0 Å². The van der Waals surface area contributed by atoms with Crippen molar-refractivity contribution in [2.75, 3.05) is 13.6 Å². The van der Waals surface area contributed by atoms with Gasteiger partial charge in [0.2, 0.25) is 0 Å². The quantitative estimate of drug-likeness (QED) is 0.821. The van der Waals surface area contributed by atoms with E-state index in [0.717, 1.165) is 12.6 Å². The number of rotatable bonds is 5. The molecule has 0 heterocycles. The number of likely N-dealkylation sites (N-methyl/N-ethyl adjacent to an activating group) is 1. The summed E-state index contributed by atoms with van der Waals surface area (Å²) in [5.41, 5.74) is 7.33. The van der Waals surface area contributed by atoms with Crippen molar-refractivity contribution in [3.63, 3.8) is 0 Å². The van der Waals surface area contributed by atoms with Gasteiger partial charge in [-0.2, -0.15) is 0 Å². The molecule has 88 valence electrons. The molecule has 2 nitrogen and oxygen atoms in total. The lowest BCUT2D eigenvalue weighted by atomic mass is 9.92. The van der Waals surface area contributed by atoms with Crippen LogP contribution < -0.4 is 5.73 Å². The second-order valence-corrected chi connectivity index (χ2v) is 4.90. The topological polar surface area (TPSA) is 29.3 Å². The number of hydrogen-bond acceptors (Lipinski definition) is 2. The van der Waals surface area contributed by atoms with Crippen molar-refractivity contribution in [1.29, 1.82) is 0 Å². The Hall–Kier alpha value is -0.860. The van der Waals surface area contributed by atoms with E-state index in [9.17, 15) is 0 Å². The summed E-state index contributed by atoms with van der Waals surface area (Å²) < 4.78 is 0. The largest absolute Gasteiger partial charge is 0.329 e. The first kappa shape index (κ1) is 11.6. The van der Waals surface area contributed by atoms with Crippen LogP contribution in [0.5, 0.6) is 0 Å². The Balaban J connectivity index is 2.08. The van der Waals surface area contributed by atoms with Crippen molar-refractivity contribution in [1.82, 2.24) is 4.90 Å². The fourth-order valence-corrected chi connectivity index (χ4v) is 2.45. The van der Waals surface area contributed by atoms with E-state index in [0.29, 0.717) is 12.0 Å². The average Bonchev–Trinajstić information content (AvgIpc) is 3.14. The molecule has 1 aliphatic rings. The van der Waals surface area contributed by atoms with Gasteiger partial charge in [0.05, 0.1) is 0 Å². The maximum Gasteiger partial charge on any atom is 0.0284 e. The highest BCUT2D eigenvalue weighted by Crippen LogP contribution is 2.31. The molecule has 2 rings (SSSR count). The molecule has 1 aromatic carbocycles. The second kappa shape index (κ2) is 4.98. The number of benzene rings is 1. The summed E-state index contributed by atoms with van der Waals surface area (Å²) in [6.07, 6.45) is 2.68. The lowest BCUT2D eigenvalue weighted by molar-refractivity contribution is 0.211. The van der Waals surface area contributed by atoms with Crippen molar-refractivity contribution < 1.29 is 0 Å². The Labute approximate surface area is 98.4 Å². The third-order valence-electron chi connectivity index (χ3n) is 3.79. The highest BCUT2D eigenvalue weighted by molar-refractivity contribution is 5.21. The summed E-state index contributed by atoms with van der Waals surface area (Å²) in [5, 5.41) is 0. The molecular weight excluding hydrogens is 196 g/mol. The van der Waals surface area contributed by atoms with Crippen molar-refractivity contribution in [2.24, 2.45) is 5.73 Å². The van der Waals surface area contributed by atoms with Crippen molar-refractivity contribution in [2.45, 2.75) is 37.8 Å². The fraction of sp³-hybridized carbons (Fsp3) is 0.571. The molecule has 2 atom stereocenters. The van der Waals surface area contributed by atoms with Gasteiger partial charge in [-0.3, -0.25) is 4.90 Å². The van der Waals surface area contributed by atoms with Crippen LogP contribution >= 0.6 is 0 Å². The van der Waals surface area contributed by atoms with Gasteiger partial charge >= 0.3 is 0 Å². The van der Waals surface area contributed by atoms with E-state index in [1.165, 1.54) is 18.4 Å². The van der Waals surface area contributed by atoms with E-state index < -0.39 is 0 Å². The molecule has 0 aliphatic heterocycles. The molecular formula is C14H22N2. The summed E-state index contributed by atoms with van der Waals surface area (Å²) in [4.78, 5) is 2.47. The SMILES string of the molecule is CC(c1ccccc1)C(CN)N(C)C1CC1. The van der Waals surface area contributed by atoms with Crippen LogP contribution in [0.1, 0.15) is 31.2 Å². The Morgan fingerprint density at radius 3 is 2.44 bits per heavy atom. The maximum atomic E-state index is 5.94. The average molecular weight is 218 g/mol. The Kier molecular flexibility index (Phi) is 3.62.